The summed E-state index contributed by atoms with van der Waals surface area (Å²) in [4.78, 5) is 2.29. The van der Waals surface area contributed by atoms with Crippen molar-refractivity contribution in [3.63, 3.8) is 0 Å². The van der Waals surface area contributed by atoms with Gasteiger partial charge in [0.25, 0.3) is 0 Å². The van der Waals surface area contributed by atoms with Crippen molar-refractivity contribution in [1.82, 2.24) is 4.90 Å². The van der Waals surface area contributed by atoms with Crippen molar-refractivity contribution in [2.24, 2.45) is 5.92 Å². The molecule has 0 aliphatic carbocycles. The zero-order valence-electron chi connectivity index (χ0n) is 9.35. The molecule has 0 saturated carbocycles. The van der Waals surface area contributed by atoms with Crippen molar-refractivity contribution in [3.05, 3.63) is 0 Å². The van der Waals surface area contributed by atoms with Crippen molar-refractivity contribution in [1.29, 1.82) is 0 Å². The number of sulfone groups is 1. The Labute approximate surface area is 92.2 Å². The second kappa shape index (κ2) is 5.82. The third-order valence-electron chi connectivity index (χ3n) is 2.95. The van der Waals surface area contributed by atoms with Gasteiger partial charge in [-0.05, 0) is 44.8 Å². The number of nitrogens with zero attached hydrogens (tertiary/aromatic N) is 1. The average Bonchev–Trinajstić information content (AvgIpc) is 2.17. The monoisotopic (exact) mass is 235 g/mol. The van der Waals surface area contributed by atoms with Crippen molar-refractivity contribution >= 4 is 9.84 Å². The van der Waals surface area contributed by atoms with Gasteiger partial charge in [-0.2, -0.15) is 0 Å². The first kappa shape index (κ1) is 12.9. The third-order valence-corrected chi connectivity index (χ3v) is 3.99. The molecule has 1 N–H and O–H groups in total. The fourth-order valence-electron chi connectivity index (χ4n) is 1.94. The van der Waals surface area contributed by atoms with Gasteiger partial charge in [0, 0.05) is 12.9 Å². The van der Waals surface area contributed by atoms with E-state index in [4.69, 9.17) is 5.11 Å². The van der Waals surface area contributed by atoms with Crippen LogP contribution < -0.4 is 0 Å². The van der Waals surface area contributed by atoms with Gasteiger partial charge in [0.2, 0.25) is 0 Å². The summed E-state index contributed by atoms with van der Waals surface area (Å²) in [5.74, 6) is 0.739. The molecule has 1 aliphatic rings. The molecule has 0 aromatic carbocycles. The number of aliphatic hydroxyl groups is 1. The number of hydrogen-bond donors (Lipinski definition) is 1. The van der Waals surface area contributed by atoms with Crippen LogP contribution in [-0.4, -0.2) is 56.7 Å². The van der Waals surface area contributed by atoms with E-state index < -0.39 is 9.84 Å². The summed E-state index contributed by atoms with van der Waals surface area (Å²) in [5, 5.41) is 8.96. The van der Waals surface area contributed by atoms with Crippen molar-refractivity contribution in [2.75, 3.05) is 38.2 Å². The van der Waals surface area contributed by atoms with E-state index in [1.165, 1.54) is 6.26 Å². The summed E-state index contributed by atoms with van der Waals surface area (Å²) in [6, 6.07) is 0. The molecule has 0 atom stereocenters. The highest BCUT2D eigenvalue weighted by molar-refractivity contribution is 7.90. The average molecular weight is 235 g/mol. The van der Waals surface area contributed by atoms with Gasteiger partial charge in [-0.15, -0.1) is 0 Å². The Kier molecular flexibility index (Phi) is 5.02. The van der Waals surface area contributed by atoms with Gasteiger partial charge in [-0.1, -0.05) is 0 Å². The van der Waals surface area contributed by atoms with Crippen LogP contribution in [0.2, 0.25) is 0 Å². The molecule has 0 spiro atoms. The number of piperidine rings is 1. The van der Waals surface area contributed by atoms with Gasteiger partial charge < -0.3 is 10.0 Å². The molecule has 90 valence electrons. The van der Waals surface area contributed by atoms with Gasteiger partial charge >= 0.3 is 0 Å². The maximum absolute atomic E-state index is 10.9. The van der Waals surface area contributed by atoms with Gasteiger partial charge in [0.1, 0.15) is 9.84 Å². The highest BCUT2D eigenvalue weighted by Gasteiger charge is 2.18. The molecule has 0 bridgehead atoms. The Morgan fingerprint density at radius 3 is 2.40 bits per heavy atom. The molecule has 0 aromatic heterocycles. The molecule has 0 unspecified atom stereocenters. The van der Waals surface area contributed by atoms with E-state index in [2.05, 4.69) is 4.90 Å². The van der Waals surface area contributed by atoms with Crippen molar-refractivity contribution in [2.45, 2.75) is 19.3 Å². The number of likely N-dealkylation sites (tertiary alicyclic amines) is 1. The lowest BCUT2D eigenvalue weighted by Gasteiger charge is -2.30. The minimum atomic E-state index is -2.81. The molecular formula is C10H21NO3S. The van der Waals surface area contributed by atoms with E-state index in [-0.39, 0.29) is 12.4 Å². The van der Waals surface area contributed by atoms with E-state index in [0.29, 0.717) is 5.92 Å². The number of hydrogen-bond acceptors (Lipinski definition) is 4. The Morgan fingerprint density at radius 2 is 1.93 bits per heavy atom. The molecular weight excluding hydrogens is 214 g/mol. The second-order valence-electron chi connectivity index (χ2n) is 4.45. The zero-order valence-corrected chi connectivity index (χ0v) is 10.2. The van der Waals surface area contributed by atoms with E-state index >= 15 is 0 Å². The van der Waals surface area contributed by atoms with Crippen LogP contribution in [0.3, 0.4) is 0 Å². The summed E-state index contributed by atoms with van der Waals surface area (Å²) in [5.41, 5.74) is 0. The van der Waals surface area contributed by atoms with Gasteiger partial charge in [-0.25, -0.2) is 8.42 Å². The molecule has 5 heteroatoms. The molecule has 1 aliphatic heterocycles. The quantitative estimate of drug-likeness (QED) is 0.735. The third kappa shape index (κ3) is 5.49. The molecule has 1 heterocycles. The molecule has 0 aromatic rings. The van der Waals surface area contributed by atoms with E-state index in [1.54, 1.807) is 0 Å². The first-order valence-corrected chi connectivity index (χ1v) is 7.58. The Hall–Kier alpha value is -0.130. The van der Waals surface area contributed by atoms with Crippen LogP contribution in [0.1, 0.15) is 19.3 Å². The van der Waals surface area contributed by atoms with Crippen molar-refractivity contribution in [3.8, 4) is 0 Å². The summed E-state index contributed by atoms with van der Waals surface area (Å²) >= 11 is 0. The summed E-state index contributed by atoms with van der Waals surface area (Å²) < 4.78 is 21.8. The second-order valence-corrected chi connectivity index (χ2v) is 6.71. The Morgan fingerprint density at radius 1 is 1.33 bits per heavy atom. The van der Waals surface area contributed by atoms with E-state index in [0.717, 1.165) is 38.9 Å². The summed E-state index contributed by atoms with van der Waals surface area (Å²) in [7, 11) is -2.81. The largest absolute Gasteiger partial charge is 0.396 e. The lowest BCUT2D eigenvalue weighted by molar-refractivity contribution is 0.132. The van der Waals surface area contributed by atoms with Crippen LogP contribution in [-0.2, 0) is 9.84 Å². The first-order valence-electron chi connectivity index (χ1n) is 5.52. The molecule has 0 radical (unpaired) electrons. The van der Waals surface area contributed by atoms with Gasteiger partial charge in [0.05, 0.1) is 5.75 Å². The summed E-state index contributed by atoms with van der Waals surface area (Å²) in [6.07, 6.45) is 4.08. The molecule has 1 rings (SSSR count). The molecule has 0 amide bonds. The molecule has 4 nitrogen and oxygen atoms in total. The zero-order chi connectivity index (χ0) is 11.3. The standard InChI is InChI=1S/C10H21NO3S/c1-15(13,14)8-2-5-11-6-3-10(9-12)4-7-11/h10,12H,2-9H2,1H3. The number of rotatable bonds is 5. The molecule has 1 saturated heterocycles. The smallest absolute Gasteiger partial charge is 0.147 e. The highest BCUT2D eigenvalue weighted by atomic mass is 32.2. The van der Waals surface area contributed by atoms with Crippen LogP contribution in [0, 0.1) is 5.92 Å². The predicted octanol–water partition coefficient (Wildman–Crippen LogP) is 0.125. The van der Waals surface area contributed by atoms with Gasteiger partial charge in [-0.3, -0.25) is 0 Å². The normalized spacial score (nSPS) is 20.7. The van der Waals surface area contributed by atoms with Crippen LogP contribution in [0.5, 0.6) is 0 Å². The fourth-order valence-corrected chi connectivity index (χ4v) is 2.60. The van der Waals surface area contributed by atoms with Crippen LogP contribution in [0.25, 0.3) is 0 Å². The predicted molar refractivity (Wildman–Crippen MR) is 60.6 cm³/mol. The van der Waals surface area contributed by atoms with E-state index in [9.17, 15) is 8.42 Å². The first-order chi connectivity index (χ1) is 7.01. The minimum absolute atomic E-state index is 0.285. The maximum Gasteiger partial charge on any atom is 0.147 e. The topological polar surface area (TPSA) is 57.6 Å². The minimum Gasteiger partial charge on any atom is -0.396 e. The SMILES string of the molecule is CS(=O)(=O)CCCN1CCC(CO)CC1. The Bertz CT molecular complexity index is 268. The van der Waals surface area contributed by atoms with Crippen molar-refractivity contribution < 1.29 is 13.5 Å². The van der Waals surface area contributed by atoms with Gasteiger partial charge in [0.15, 0.2) is 0 Å². The van der Waals surface area contributed by atoms with Crippen LogP contribution >= 0.6 is 0 Å². The lowest BCUT2D eigenvalue weighted by Crippen LogP contribution is -2.35. The number of aliphatic hydroxyl groups excluding tert-OH is 1. The molecule has 1 fully saturated rings. The molecule has 15 heavy (non-hydrogen) atoms. The summed E-state index contributed by atoms with van der Waals surface area (Å²) in [6.45, 7) is 3.15. The van der Waals surface area contributed by atoms with Crippen LogP contribution in [0.15, 0.2) is 0 Å². The lowest BCUT2D eigenvalue weighted by atomic mass is 9.98. The van der Waals surface area contributed by atoms with E-state index in [1.807, 2.05) is 0 Å². The fraction of sp³-hybridized carbons (Fsp3) is 1.00. The highest BCUT2D eigenvalue weighted by Crippen LogP contribution is 2.16. The maximum atomic E-state index is 10.9. The Balaban J connectivity index is 2.14. The van der Waals surface area contributed by atoms with Crippen LogP contribution in [0.4, 0.5) is 0 Å².